The molecule has 0 saturated carbocycles. The van der Waals surface area contributed by atoms with Gasteiger partial charge >= 0.3 is 0 Å². The van der Waals surface area contributed by atoms with Gasteiger partial charge in [-0.3, -0.25) is 9.30 Å². The molecule has 0 spiro atoms. The number of rotatable bonds is 6. The number of fused-ring (bicyclic) bond motifs is 1. The Morgan fingerprint density at radius 1 is 1.11 bits per heavy atom. The van der Waals surface area contributed by atoms with Gasteiger partial charge in [-0.05, 0) is 62.3 Å². The molecule has 0 aliphatic carbocycles. The number of halogens is 1. The molecule has 6 heteroatoms. The van der Waals surface area contributed by atoms with E-state index in [9.17, 15) is 4.39 Å². The molecule has 0 amide bonds. The van der Waals surface area contributed by atoms with E-state index in [4.69, 9.17) is 9.72 Å². The maximum atomic E-state index is 14.0. The van der Waals surface area contributed by atoms with Crippen molar-refractivity contribution in [3.8, 4) is 17.0 Å². The van der Waals surface area contributed by atoms with Gasteiger partial charge in [0.15, 0.2) is 0 Å². The van der Waals surface area contributed by atoms with E-state index in [-0.39, 0.29) is 5.82 Å². The van der Waals surface area contributed by atoms with Crippen LogP contribution in [-0.4, -0.2) is 47.1 Å². The lowest BCUT2D eigenvalue weighted by atomic mass is 10.1. The normalized spacial score (nSPS) is 15.6. The first-order valence-electron chi connectivity index (χ1n) is 10.1. The zero-order valence-corrected chi connectivity index (χ0v) is 16.3. The van der Waals surface area contributed by atoms with E-state index in [1.54, 1.807) is 6.07 Å². The van der Waals surface area contributed by atoms with E-state index in [1.807, 2.05) is 28.7 Å². The van der Waals surface area contributed by atoms with Crippen LogP contribution in [0.25, 0.3) is 16.9 Å². The third-order valence-corrected chi connectivity index (χ3v) is 5.09. The van der Waals surface area contributed by atoms with Gasteiger partial charge in [-0.2, -0.15) is 0 Å². The van der Waals surface area contributed by atoms with Crippen molar-refractivity contribution in [2.24, 2.45) is 0 Å². The van der Waals surface area contributed by atoms with Crippen LogP contribution in [0.3, 0.4) is 0 Å². The van der Waals surface area contributed by atoms with Gasteiger partial charge in [0.05, 0.1) is 18.0 Å². The fraction of sp³-hybridized carbons (Fsp3) is 0.409. The number of benzene rings is 1. The molecule has 3 heterocycles. The van der Waals surface area contributed by atoms with Crippen molar-refractivity contribution in [1.29, 1.82) is 0 Å². The van der Waals surface area contributed by atoms with Gasteiger partial charge in [-0.1, -0.05) is 6.92 Å². The molecule has 4 rings (SSSR count). The molecule has 3 aromatic rings. The zero-order valence-electron chi connectivity index (χ0n) is 16.3. The SMILES string of the molecule is CCCOc1ccc(-c2nc3ccc(F)cn3c2CN2CCCNCC2)cc1. The highest BCUT2D eigenvalue weighted by molar-refractivity contribution is 5.67. The van der Waals surface area contributed by atoms with E-state index in [2.05, 4.69) is 17.1 Å². The Morgan fingerprint density at radius 3 is 2.79 bits per heavy atom. The minimum Gasteiger partial charge on any atom is -0.494 e. The number of pyridine rings is 1. The zero-order chi connectivity index (χ0) is 19.3. The molecule has 1 fully saturated rings. The lowest BCUT2D eigenvalue weighted by Crippen LogP contribution is -2.28. The van der Waals surface area contributed by atoms with Gasteiger partial charge in [0.1, 0.15) is 17.2 Å². The lowest BCUT2D eigenvalue weighted by Gasteiger charge is -2.20. The summed E-state index contributed by atoms with van der Waals surface area (Å²) < 4.78 is 21.5. The summed E-state index contributed by atoms with van der Waals surface area (Å²) in [6.45, 7) is 7.57. The van der Waals surface area contributed by atoms with Crippen LogP contribution in [0.2, 0.25) is 0 Å². The number of aromatic nitrogens is 2. The smallest absolute Gasteiger partial charge is 0.139 e. The first kappa shape index (κ1) is 18.9. The van der Waals surface area contributed by atoms with Gasteiger partial charge in [-0.15, -0.1) is 0 Å². The van der Waals surface area contributed by atoms with Crippen LogP contribution in [0.15, 0.2) is 42.6 Å². The van der Waals surface area contributed by atoms with Gasteiger partial charge in [0.25, 0.3) is 0 Å². The summed E-state index contributed by atoms with van der Waals surface area (Å²) in [5, 5.41) is 3.43. The summed E-state index contributed by atoms with van der Waals surface area (Å²) in [5.74, 6) is 0.610. The van der Waals surface area contributed by atoms with Crippen molar-refractivity contribution >= 4 is 5.65 Å². The summed E-state index contributed by atoms with van der Waals surface area (Å²) in [5.41, 5.74) is 3.73. The second-order valence-corrected chi connectivity index (χ2v) is 7.24. The first-order chi connectivity index (χ1) is 13.7. The first-order valence-corrected chi connectivity index (χ1v) is 10.1. The molecule has 1 aliphatic rings. The van der Waals surface area contributed by atoms with Gasteiger partial charge in [0.2, 0.25) is 0 Å². The molecule has 1 saturated heterocycles. The summed E-state index contributed by atoms with van der Waals surface area (Å²) in [4.78, 5) is 7.23. The number of nitrogens with one attached hydrogen (secondary N) is 1. The molecule has 2 aromatic heterocycles. The predicted octanol–water partition coefficient (Wildman–Crippen LogP) is 3.72. The van der Waals surface area contributed by atoms with Gasteiger partial charge in [-0.25, -0.2) is 9.37 Å². The fourth-order valence-electron chi connectivity index (χ4n) is 3.65. The maximum absolute atomic E-state index is 14.0. The quantitative estimate of drug-likeness (QED) is 0.705. The number of imidazole rings is 1. The van der Waals surface area contributed by atoms with E-state index in [0.717, 1.165) is 73.9 Å². The molecular formula is C22H27FN4O. The highest BCUT2D eigenvalue weighted by Gasteiger charge is 2.18. The molecule has 28 heavy (non-hydrogen) atoms. The highest BCUT2D eigenvalue weighted by Crippen LogP contribution is 2.28. The minimum absolute atomic E-state index is 0.251. The van der Waals surface area contributed by atoms with Crippen LogP contribution in [0.5, 0.6) is 5.75 Å². The molecule has 1 aliphatic heterocycles. The largest absolute Gasteiger partial charge is 0.494 e. The molecule has 5 nitrogen and oxygen atoms in total. The van der Waals surface area contributed by atoms with Crippen LogP contribution in [0, 0.1) is 5.82 Å². The fourth-order valence-corrected chi connectivity index (χ4v) is 3.65. The van der Waals surface area contributed by atoms with Crippen molar-refractivity contribution in [1.82, 2.24) is 19.6 Å². The Kier molecular flexibility index (Phi) is 5.88. The van der Waals surface area contributed by atoms with Crippen LogP contribution < -0.4 is 10.1 Å². The Balaban J connectivity index is 1.70. The molecule has 0 bridgehead atoms. The van der Waals surface area contributed by atoms with Crippen molar-refractivity contribution in [2.45, 2.75) is 26.3 Å². The number of nitrogens with zero attached hydrogens (tertiary/aromatic N) is 3. The summed E-state index contributed by atoms with van der Waals surface area (Å²) in [6, 6.07) is 11.2. The summed E-state index contributed by atoms with van der Waals surface area (Å²) in [7, 11) is 0. The third kappa shape index (κ3) is 4.18. The maximum Gasteiger partial charge on any atom is 0.139 e. The Morgan fingerprint density at radius 2 is 1.96 bits per heavy atom. The Bertz CT molecular complexity index is 914. The topological polar surface area (TPSA) is 41.8 Å². The average molecular weight is 382 g/mol. The highest BCUT2D eigenvalue weighted by atomic mass is 19.1. The summed E-state index contributed by atoms with van der Waals surface area (Å²) >= 11 is 0. The van der Waals surface area contributed by atoms with Crippen LogP contribution in [0.1, 0.15) is 25.5 Å². The second-order valence-electron chi connectivity index (χ2n) is 7.24. The molecular weight excluding hydrogens is 355 g/mol. The number of hydrogen-bond acceptors (Lipinski definition) is 4. The molecule has 0 atom stereocenters. The van der Waals surface area contributed by atoms with Crippen LogP contribution in [-0.2, 0) is 6.54 Å². The van der Waals surface area contributed by atoms with E-state index < -0.39 is 0 Å². The molecule has 1 N–H and O–H groups in total. The van der Waals surface area contributed by atoms with Crippen molar-refractivity contribution in [2.75, 3.05) is 32.8 Å². The van der Waals surface area contributed by atoms with Crippen molar-refractivity contribution < 1.29 is 9.13 Å². The second kappa shape index (κ2) is 8.71. The standard InChI is InChI=1S/C22H27FN4O/c1-2-14-28-19-7-4-17(5-8-19)22-20(16-26-12-3-10-24-11-13-26)27-15-18(23)6-9-21(27)25-22/h4-9,15,24H,2-3,10-14,16H2,1H3. The van der Waals surface area contributed by atoms with Gasteiger partial charge < -0.3 is 10.1 Å². The van der Waals surface area contributed by atoms with Crippen molar-refractivity contribution in [3.05, 3.63) is 54.1 Å². The molecule has 1 aromatic carbocycles. The molecule has 0 radical (unpaired) electrons. The Labute approximate surface area is 165 Å². The van der Waals surface area contributed by atoms with Crippen LogP contribution in [0.4, 0.5) is 4.39 Å². The predicted molar refractivity (Wildman–Crippen MR) is 109 cm³/mol. The molecule has 148 valence electrons. The van der Waals surface area contributed by atoms with E-state index >= 15 is 0 Å². The summed E-state index contributed by atoms with van der Waals surface area (Å²) in [6.07, 6.45) is 3.63. The van der Waals surface area contributed by atoms with E-state index in [0.29, 0.717) is 6.61 Å². The molecule has 0 unspecified atom stereocenters. The van der Waals surface area contributed by atoms with E-state index in [1.165, 1.54) is 12.3 Å². The lowest BCUT2D eigenvalue weighted by molar-refractivity contribution is 0.280. The van der Waals surface area contributed by atoms with Crippen molar-refractivity contribution in [3.63, 3.8) is 0 Å². The van der Waals surface area contributed by atoms with Gasteiger partial charge in [0, 0.05) is 31.4 Å². The Hall–Kier alpha value is -2.44. The minimum atomic E-state index is -0.251. The number of ether oxygens (including phenoxy) is 1. The number of hydrogen-bond donors (Lipinski definition) is 1. The average Bonchev–Trinajstić information content (AvgIpc) is 2.88. The third-order valence-electron chi connectivity index (χ3n) is 5.09. The monoisotopic (exact) mass is 382 g/mol. The van der Waals surface area contributed by atoms with Crippen LogP contribution >= 0.6 is 0 Å².